The van der Waals surface area contributed by atoms with Crippen molar-refractivity contribution in [2.45, 2.75) is 12.6 Å². The smallest absolute Gasteiger partial charge is 0.350 e. The van der Waals surface area contributed by atoms with Crippen molar-refractivity contribution in [3.8, 4) is 0 Å². The minimum atomic E-state index is -4.66. The number of nitrogens with one attached hydrogen (secondary N) is 2. The van der Waals surface area contributed by atoms with Gasteiger partial charge in [-0.25, -0.2) is 4.98 Å². The molecule has 1 aromatic carbocycles. The number of benzene rings is 1. The molecule has 0 saturated heterocycles. The van der Waals surface area contributed by atoms with E-state index in [2.05, 4.69) is 20.6 Å². The van der Waals surface area contributed by atoms with Gasteiger partial charge in [0.2, 0.25) is 0 Å². The average molecular weight is 420 g/mol. The highest BCUT2D eigenvalue weighted by Crippen LogP contribution is 2.32. The van der Waals surface area contributed by atoms with Crippen LogP contribution in [0.2, 0.25) is 0 Å². The number of anilines is 1. The molecule has 6 nitrogen and oxygen atoms in total. The van der Waals surface area contributed by atoms with Crippen molar-refractivity contribution >= 4 is 28.3 Å². The van der Waals surface area contributed by atoms with E-state index in [9.17, 15) is 22.8 Å². The highest BCUT2D eigenvalue weighted by atomic mass is 32.1. The first kappa shape index (κ1) is 20.5. The second-order valence-corrected chi connectivity index (χ2v) is 6.75. The van der Waals surface area contributed by atoms with Crippen molar-refractivity contribution in [3.63, 3.8) is 0 Å². The molecule has 29 heavy (non-hydrogen) atoms. The van der Waals surface area contributed by atoms with Gasteiger partial charge in [-0.2, -0.15) is 13.2 Å². The normalized spacial score (nSPS) is 11.1. The Labute approximate surface area is 167 Å². The van der Waals surface area contributed by atoms with Crippen molar-refractivity contribution in [1.82, 2.24) is 15.3 Å². The molecule has 0 unspecified atom stereocenters. The van der Waals surface area contributed by atoms with E-state index in [-0.39, 0.29) is 10.8 Å². The number of alkyl halides is 3. The first-order chi connectivity index (χ1) is 13.8. The molecule has 0 atom stereocenters. The maximum absolute atomic E-state index is 13.0. The summed E-state index contributed by atoms with van der Waals surface area (Å²) in [6, 6.07) is 8.13. The van der Waals surface area contributed by atoms with Gasteiger partial charge < -0.3 is 5.32 Å². The molecule has 2 heterocycles. The molecule has 0 saturated carbocycles. The number of carbonyl (C=O) groups is 2. The molecule has 0 bridgehead atoms. The zero-order valence-corrected chi connectivity index (χ0v) is 15.7. The molecule has 2 aromatic heterocycles. The maximum atomic E-state index is 13.0. The number of nitrogens with zero attached hydrogens (tertiary/aromatic N) is 2. The molecular formula is C19H15F3N4O2S. The molecular weight excluding hydrogens is 405 g/mol. The number of aromatic nitrogens is 2. The number of amides is 2. The standard InChI is InChI=1S/C19H15F3N4O2S/c20-19(21,22)14-4-2-1-3-13(14)16(27)26-18-25-15(11-29-18)17(28)24-10-7-12-5-8-23-9-6-12/h1-6,8-9,11H,7,10H2,(H,24,28)(H,25,26,27). The van der Waals surface area contributed by atoms with Crippen LogP contribution in [0.15, 0.2) is 54.2 Å². The van der Waals surface area contributed by atoms with Gasteiger partial charge in [-0.05, 0) is 36.2 Å². The largest absolute Gasteiger partial charge is 0.417 e. The highest BCUT2D eigenvalue weighted by molar-refractivity contribution is 7.14. The molecule has 0 radical (unpaired) electrons. The van der Waals surface area contributed by atoms with Crippen LogP contribution in [-0.4, -0.2) is 28.3 Å². The predicted molar refractivity (Wildman–Crippen MR) is 102 cm³/mol. The number of hydrogen-bond donors (Lipinski definition) is 2. The van der Waals surface area contributed by atoms with Crippen molar-refractivity contribution in [1.29, 1.82) is 0 Å². The van der Waals surface area contributed by atoms with Gasteiger partial charge in [0.05, 0.1) is 11.1 Å². The van der Waals surface area contributed by atoms with E-state index in [0.717, 1.165) is 29.0 Å². The third-order valence-electron chi connectivity index (χ3n) is 3.88. The van der Waals surface area contributed by atoms with Crippen LogP contribution in [0.3, 0.4) is 0 Å². The molecule has 3 aromatic rings. The van der Waals surface area contributed by atoms with Gasteiger partial charge in [0.15, 0.2) is 5.13 Å². The lowest BCUT2D eigenvalue weighted by molar-refractivity contribution is -0.137. The summed E-state index contributed by atoms with van der Waals surface area (Å²) in [5.74, 6) is -1.39. The fourth-order valence-corrected chi connectivity index (χ4v) is 3.17. The van der Waals surface area contributed by atoms with E-state index >= 15 is 0 Å². The Kier molecular flexibility index (Phi) is 6.23. The molecule has 0 aliphatic rings. The van der Waals surface area contributed by atoms with Gasteiger partial charge >= 0.3 is 6.18 Å². The fraction of sp³-hybridized carbons (Fsp3) is 0.158. The van der Waals surface area contributed by atoms with Crippen LogP contribution < -0.4 is 10.6 Å². The first-order valence-corrected chi connectivity index (χ1v) is 9.33. The lowest BCUT2D eigenvalue weighted by atomic mass is 10.1. The molecule has 0 fully saturated rings. The quantitative estimate of drug-likeness (QED) is 0.636. The number of thiazole rings is 1. The van der Waals surface area contributed by atoms with Crippen LogP contribution in [0.5, 0.6) is 0 Å². The predicted octanol–water partition coefficient (Wildman–Crippen LogP) is 3.78. The molecule has 2 N–H and O–H groups in total. The van der Waals surface area contributed by atoms with Gasteiger partial charge in [-0.1, -0.05) is 12.1 Å². The minimum absolute atomic E-state index is 0.0336. The van der Waals surface area contributed by atoms with E-state index in [1.807, 2.05) is 12.1 Å². The van der Waals surface area contributed by atoms with Gasteiger partial charge in [0.25, 0.3) is 11.8 Å². The lowest BCUT2D eigenvalue weighted by Crippen LogP contribution is -2.26. The molecule has 0 aliphatic heterocycles. The molecule has 150 valence electrons. The summed E-state index contributed by atoms with van der Waals surface area (Å²) in [4.78, 5) is 32.3. The summed E-state index contributed by atoms with van der Waals surface area (Å²) in [7, 11) is 0. The summed E-state index contributed by atoms with van der Waals surface area (Å²) in [6.07, 6.45) is -0.736. The molecule has 0 spiro atoms. The van der Waals surface area contributed by atoms with E-state index in [1.54, 1.807) is 12.4 Å². The van der Waals surface area contributed by atoms with Gasteiger partial charge in [0, 0.05) is 24.3 Å². The van der Waals surface area contributed by atoms with Crippen LogP contribution in [0.1, 0.15) is 32.0 Å². The topological polar surface area (TPSA) is 84.0 Å². The van der Waals surface area contributed by atoms with Crippen LogP contribution in [-0.2, 0) is 12.6 Å². The number of pyridine rings is 1. The Balaban J connectivity index is 1.60. The fourth-order valence-electron chi connectivity index (χ4n) is 2.49. The van der Waals surface area contributed by atoms with Gasteiger partial charge in [0.1, 0.15) is 5.69 Å². The van der Waals surface area contributed by atoms with Crippen molar-refractivity contribution < 1.29 is 22.8 Å². The van der Waals surface area contributed by atoms with Crippen molar-refractivity contribution in [3.05, 3.63) is 76.6 Å². The van der Waals surface area contributed by atoms with Crippen molar-refractivity contribution in [2.75, 3.05) is 11.9 Å². The first-order valence-electron chi connectivity index (χ1n) is 8.45. The Bertz CT molecular complexity index is 1010. The van der Waals surface area contributed by atoms with E-state index < -0.39 is 29.1 Å². The van der Waals surface area contributed by atoms with Gasteiger partial charge in [-0.3, -0.25) is 19.9 Å². The highest BCUT2D eigenvalue weighted by Gasteiger charge is 2.35. The Hall–Kier alpha value is -3.27. The third kappa shape index (κ3) is 5.38. The minimum Gasteiger partial charge on any atom is -0.350 e. The lowest BCUT2D eigenvalue weighted by Gasteiger charge is -2.11. The van der Waals surface area contributed by atoms with Crippen LogP contribution in [0.4, 0.5) is 18.3 Å². The molecule has 2 amide bonds. The summed E-state index contributed by atoms with van der Waals surface area (Å²) in [6.45, 7) is 0.376. The van der Waals surface area contributed by atoms with E-state index in [1.165, 1.54) is 17.5 Å². The second kappa shape index (κ2) is 8.82. The van der Waals surface area contributed by atoms with E-state index in [4.69, 9.17) is 0 Å². The number of hydrogen-bond acceptors (Lipinski definition) is 5. The number of carbonyl (C=O) groups excluding carboxylic acids is 2. The second-order valence-electron chi connectivity index (χ2n) is 5.90. The maximum Gasteiger partial charge on any atom is 0.417 e. The van der Waals surface area contributed by atoms with Crippen LogP contribution in [0, 0.1) is 0 Å². The summed E-state index contributed by atoms with van der Waals surface area (Å²) < 4.78 is 39.1. The zero-order chi connectivity index (χ0) is 20.9. The summed E-state index contributed by atoms with van der Waals surface area (Å²) in [5.41, 5.74) is -0.472. The van der Waals surface area contributed by atoms with Crippen molar-refractivity contribution in [2.24, 2.45) is 0 Å². The van der Waals surface area contributed by atoms with Gasteiger partial charge in [-0.15, -0.1) is 11.3 Å². The Morgan fingerprint density at radius 1 is 1.03 bits per heavy atom. The SMILES string of the molecule is O=C(NCCc1ccncc1)c1csc(NC(=O)c2ccccc2C(F)(F)F)n1. The molecule has 10 heteroatoms. The molecule has 3 rings (SSSR count). The summed E-state index contributed by atoms with van der Waals surface area (Å²) >= 11 is 0.951. The average Bonchev–Trinajstić information content (AvgIpc) is 3.16. The third-order valence-corrected chi connectivity index (χ3v) is 4.64. The Morgan fingerprint density at radius 3 is 2.48 bits per heavy atom. The monoisotopic (exact) mass is 420 g/mol. The summed E-state index contributed by atoms with van der Waals surface area (Å²) in [5, 5.41) is 6.46. The van der Waals surface area contributed by atoms with Crippen LogP contribution >= 0.6 is 11.3 Å². The Morgan fingerprint density at radius 2 is 1.76 bits per heavy atom. The van der Waals surface area contributed by atoms with Crippen LogP contribution in [0.25, 0.3) is 0 Å². The van der Waals surface area contributed by atoms with E-state index in [0.29, 0.717) is 13.0 Å². The number of rotatable bonds is 6. The number of halogens is 3. The zero-order valence-electron chi connectivity index (χ0n) is 14.9. The molecule has 0 aliphatic carbocycles.